The summed E-state index contributed by atoms with van der Waals surface area (Å²) in [7, 11) is 0. The van der Waals surface area contributed by atoms with E-state index in [9.17, 15) is 4.79 Å². The van der Waals surface area contributed by atoms with E-state index in [0.717, 1.165) is 5.69 Å². The van der Waals surface area contributed by atoms with Crippen molar-refractivity contribution in [3.63, 3.8) is 0 Å². The summed E-state index contributed by atoms with van der Waals surface area (Å²) in [4.78, 5) is 11.6. The van der Waals surface area contributed by atoms with Crippen LogP contribution in [0, 0.1) is 6.92 Å². The molecule has 0 fully saturated rings. The number of H-pyrrole nitrogens is 1. The van der Waals surface area contributed by atoms with E-state index >= 15 is 0 Å². The van der Waals surface area contributed by atoms with Crippen molar-refractivity contribution in [1.82, 2.24) is 15.5 Å². The number of amidine groups is 1. The zero-order valence-electron chi connectivity index (χ0n) is 9.03. The van der Waals surface area contributed by atoms with Crippen LogP contribution in [0.15, 0.2) is 11.4 Å². The first kappa shape index (κ1) is 12.0. The first-order valence-corrected chi connectivity index (χ1v) is 4.89. The average Bonchev–Trinajstić information content (AvgIpc) is 2.70. The molecule has 0 saturated heterocycles. The van der Waals surface area contributed by atoms with Gasteiger partial charge in [0.25, 0.3) is 5.91 Å². The third-order valence-electron chi connectivity index (χ3n) is 2.10. The van der Waals surface area contributed by atoms with Gasteiger partial charge in [0.05, 0.1) is 11.8 Å². The van der Waals surface area contributed by atoms with Crippen LogP contribution in [0.1, 0.15) is 28.9 Å². The molecule has 88 valence electrons. The van der Waals surface area contributed by atoms with E-state index in [1.807, 2.05) is 0 Å². The van der Waals surface area contributed by atoms with Gasteiger partial charge in [0.1, 0.15) is 5.84 Å². The molecular formula is C9H15N5O2. The van der Waals surface area contributed by atoms with Gasteiger partial charge >= 0.3 is 0 Å². The van der Waals surface area contributed by atoms with E-state index < -0.39 is 0 Å². The number of oxime groups is 1. The Labute approximate surface area is 92.7 Å². The van der Waals surface area contributed by atoms with E-state index in [0.29, 0.717) is 24.9 Å². The summed E-state index contributed by atoms with van der Waals surface area (Å²) in [6.45, 7) is 2.25. The molecule has 1 aromatic rings. The third kappa shape index (κ3) is 3.26. The maximum Gasteiger partial charge on any atom is 0.254 e. The van der Waals surface area contributed by atoms with Crippen molar-refractivity contribution in [2.75, 3.05) is 6.54 Å². The second-order valence-corrected chi connectivity index (χ2v) is 3.36. The quantitative estimate of drug-likeness (QED) is 0.185. The van der Waals surface area contributed by atoms with Gasteiger partial charge in [-0.15, -0.1) is 0 Å². The van der Waals surface area contributed by atoms with Crippen molar-refractivity contribution in [1.29, 1.82) is 0 Å². The van der Waals surface area contributed by atoms with Crippen molar-refractivity contribution >= 4 is 11.7 Å². The van der Waals surface area contributed by atoms with E-state index in [1.54, 1.807) is 6.92 Å². The van der Waals surface area contributed by atoms with Gasteiger partial charge in [0.15, 0.2) is 0 Å². The van der Waals surface area contributed by atoms with Gasteiger partial charge in [-0.05, 0) is 13.3 Å². The Balaban J connectivity index is 2.29. The van der Waals surface area contributed by atoms with E-state index in [2.05, 4.69) is 20.7 Å². The van der Waals surface area contributed by atoms with Crippen LogP contribution in [0.5, 0.6) is 0 Å². The van der Waals surface area contributed by atoms with Gasteiger partial charge in [0, 0.05) is 18.7 Å². The first-order valence-electron chi connectivity index (χ1n) is 4.89. The molecule has 7 heteroatoms. The number of carbonyl (C=O) groups excluding carboxylic acids is 1. The van der Waals surface area contributed by atoms with Crippen LogP contribution < -0.4 is 11.1 Å². The number of hydrogen-bond acceptors (Lipinski definition) is 4. The second-order valence-electron chi connectivity index (χ2n) is 3.36. The third-order valence-corrected chi connectivity index (χ3v) is 2.10. The molecule has 1 heterocycles. The number of aromatic nitrogens is 2. The highest BCUT2D eigenvalue weighted by atomic mass is 16.4. The Morgan fingerprint density at radius 3 is 3.06 bits per heavy atom. The highest BCUT2D eigenvalue weighted by Gasteiger charge is 2.09. The van der Waals surface area contributed by atoms with Gasteiger partial charge in [0.2, 0.25) is 0 Å². The van der Waals surface area contributed by atoms with E-state index in [-0.39, 0.29) is 11.7 Å². The lowest BCUT2D eigenvalue weighted by atomic mass is 10.2. The molecule has 0 saturated carbocycles. The molecule has 0 aliphatic carbocycles. The highest BCUT2D eigenvalue weighted by Crippen LogP contribution is 2.01. The van der Waals surface area contributed by atoms with Gasteiger partial charge < -0.3 is 16.3 Å². The van der Waals surface area contributed by atoms with Crippen LogP contribution in [0.2, 0.25) is 0 Å². The fourth-order valence-electron chi connectivity index (χ4n) is 1.20. The van der Waals surface area contributed by atoms with Crippen LogP contribution in [0.25, 0.3) is 0 Å². The Bertz CT molecular complexity index is 385. The minimum absolute atomic E-state index is 0.161. The molecule has 0 atom stereocenters. The second kappa shape index (κ2) is 5.74. The Kier molecular flexibility index (Phi) is 4.31. The van der Waals surface area contributed by atoms with Crippen molar-refractivity contribution in [3.8, 4) is 0 Å². The molecule has 0 aliphatic rings. The smallest absolute Gasteiger partial charge is 0.254 e. The van der Waals surface area contributed by atoms with Crippen LogP contribution in [0.4, 0.5) is 0 Å². The standard InChI is InChI=1S/C9H15N5O2/c1-6-7(5-12-13-6)9(15)11-4-2-3-8(10)14-16/h5,16H,2-4H2,1H3,(H2,10,14)(H,11,15)(H,12,13). The molecule has 0 spiro atoms. The Morgan fingerprint density at radius 1 is 1.75 bits per heavy atom. The average molecular weight is 225 g/mol. The molecule has 1 amide bonds. The molecule has 1 rings (SSSR count). The maximum atomic E-state index is 11.6. The minimum atomic E-state index is -0.175. The van der Waals surface area contributed by atoms with Crippen LogP contribution in [-0.2, 0) is 0 Å². The number of nitrogens with one attached hydrogen (secondary N) is 2. The summed E-state index contributed by atoms with van der Waals surface area (Å²) < 4.78 is 0. The number of hydrogen-bond donors (Lipinski definition) is 4. The van der Waals surface area contributed by atoms with Gasteiger partial charge in [-0.1, -0.05) is 5.16 Å². The lowest BCUT2D eigenvalue weighted by Crippen LogP contribution is -2.25. The molecule has 0 bridgehead atoms. The number of aromatic amines is 1. The van der Waals surface area contributed by atoms with E-state index in [4.69, 9.17) is 10.9 Å². The fourth-order valence-corrected chi connectivity index (χ4v) is 1.20. The number of aryl methyl sites for hydroxylation is 1. The van der Waals surface area contributed by atoms with Crippen molar-refractivity contribution < 1.29 is 10.0 Å². The molecule has 1 aromatic heterocycles. The van der Waals surface area contributed by atoms with Crippen molar-refractivity contribution in [2.24, 2.45) is 10.9 Å². The SMILES string of the molecule is Cc1[nH]ncc1C(=O)NCCCC(N)=NO. The molecule has 0 aliphatic heterocycles. The zero-order valence-corrected chi connectivity index (χ0v) is 9.03. The van der Waals surface area contributed by atoms with Crippen LogP contribution >= 0.6 is 0 Å². The zero-order chi connectivity index (χ0) is 12.0. The minimum Gasteiger partial charge on any atom is -0.409 e. The van der Waals surface area contributed by atoms with Gasteiger partial charge in [-0.25, -0.2) is 0 Å². The van der Waals surface area contributed by atoms with Crippen LogP contribution in [-0.4, -0.2) is 33.7 Å². The summed E-state index contributed by atoms with van der Waals surface area (Å²) in [5.41, 5.74) is 6.54. The topological polar surface area (TPSA) is 116 Å². The number of nitrogens with two attached hydrogens (primary N) is 1. The maximum absolute atomic E-state index is 11.6. The molecule has 0 radical (unpaired) electrons. The Hall–Kier alpha value is -2.05. The van der Waals surface area contributed by atoms with Gasteiger partial charge in [-0.3, -0.25) is 9.89 Å². The van der Waals surface area contributed by atoms with Crippen molar-refractivity contribution in [3.05, 3.63) is 17.5 Å². The molecule has 5 N–H and O–H groups in total. The summed E-state index contributed by atoms with van der Waals surface area (Å²) in [6, 6.07) is 0. The molecule has 16 heavy (non-hydrogen) atoms. The summed E-state index contributed by atoms with van der Waals surface area (Å²) in [6.07, 6.45) is 2.55. The lowest BCUT2D eigenvalue weighted by molar-refractivity contribution is 0.0953. The summed E-state index contributed by atoms with van der Waals surface area (Å²) in [5.74, 6) is -0.0144. The largest absolute Gasteiger partial charge is 0.409 e. The van der Waals surface area contributed by atoms with Crippen molar-refractivity contribution in [2.45, 2.75) is 19.8 Å². The fraction of sp³-hybridized carbons (Fsp3) is 0.444. The number of amides is 1. The number of carbonyl (C=O) groups is 1. The van der Waals surface area contributed by atoms with Crippen LogP contribution in [0.3, 0.4) is 0 Å². The number of rotatable bonds is 5. The Morgan fingerprint density at radius 2 is 2.50 bits per heavy atom. The molecular weight excluding hydrogens is 210 g/mol. The normalized spacial score (nSPS) is 11.4. The molecule has 0 unspecified atom stereocenters. The first-order chi connectivity index (χ1) is 7.65. The predicted molar refractivity (Wildman–Crippen MR) is 58.3 cm³/mol. The predicted octanol–water partition coefficient (Wildman–Crippen LogP) is -0.0255. The summed E-state index contributed by atoms with van der Waals surface area (Å²) in [5, 5.41) is 20.3. The molecule has 7 nitrogen and oxygen atoms in total. The van der Waals surface area contributed by atoms with E-state index in [1.165, 1.54) is 6.20 Å². The number of nitrogens with zero attached hydrogens (tertiary/aromatic N) is 2. The monoisotopic (exact) mass is 225 g/mol. The van der Waals surface area contributed by atoms with Gasteiger partial charge in [-0.2, -0.15) is 5.10 Å². The summed E-state index contributed by atoms with van der Waals surface area (Å²) >= 11 is 0. The highest BCUT2D eigenvalue weighted by molar-refractivity contribution is 5.94. The lowest BCUT2D eigenvalue weighted by Gasteiger charge is -2.03. The molecule has 0 aromatic carbocycles.